The number of alkyl halides is 3. The van der Waals surface area contributed by atoms with Gasteiger partial charge in [-0.25, -0.2) is 0 Å². The first-order chi connectivity index (χ1) is 10.3. The monoisotopic (exact) mass is 348 g/mol. The average Bonchev–Trinajstić information content (AvgIpc) is 2.45. The summed E-state index contributed by atoms with van der Waals surface area (Å²) in [7, 11) is 0. The fraction of sp³-hybridized carbons (Fsp3) is 0.143. The van der Waals surface area contributed by atoms with Crippen molar-refractivity contribution in [3.63, 3.8) is 0 Å². The molecule has 0 amide bonds. The Labute approximate surface area is 135 Å². The number of ether oxygens (including phenoxy) is 1. The highest BCUT2D eigenvalue weighted by atomic mass is 35.5. The lowest BCUT2D eigenvalue weighted by Gasteiger charge is -2.14. The minimum atomic E-state index is -4.78. The molecule has 2 N–H and O–H groups in total. The average molecular weight is 349 g/mol. The maximum absolute atomic E-state index is 12.1. The minimum Gasteiger partial charge on any atom is -0.406 e. The molecule has 0 aliphatic heterocycles. The van der Waals surface area contributed by atoms with E-state index in [4.69, 9.17) is 5.73 Å². The van der Waals surface area contributed by atoms with Crippen LogP contribution in [0.1, 0.15) is 17.2 Å². The van der Waals surface area contributed by atoms with Crippen LogP contribution in [-0.4, -0.2) is 11.3 Å². The van der Waals surface area contributed by atoms with Gasteiger partial charge in [-0.05, 0) is 17.7 Å². The third-order valence-electron chi connectivity index (χ3n) is 2.94. The first-order valence-corrected chi connectivity index (χ1v) is 6.12. The number of nitrogens with zero attached hydrogens (tertiary/aromatic N) is 1. The molecule has 9 heteroatoms. The van der Waals surface area contributed by atoms with Crippen molar-refractivity contribution in [1.29, 1.82) is 0 Å². The third kappa shape index (κ3) is 4.83. The molecule has 0 aliphatic carbocycles. The second kappa shape index (κ2) is 7.30. The smallest absolute Gasteiger partial charge is 0.406 e. The number of benzene rings is 2. The number of rotatable bonds is 4. The van der Waals surface area contributed by atoms with Gasteiger partial charge in [0.25, 0.3) is 5.69 Å². The number of nitro benzene ring substituents is 1. The summed E-state index contributed by atoms with van der Waals surface area (Å²) in [6, 6.07) is 9.98. The Bertz CT molecular complexity index is 678. The molecule has 0 fully saturated rings. The number of para-hydroxylation sites is 1. The van der Waals surface area contributed by atoms with Crippen LogP contribution in [0.15, 0.2) is 48.5 Å². The summed E-state index contributed by atoms with van der Waals surface area (Å²) in [6.45, 7) is 0. The molecule has 0 heterocycles. The van der Waals surface area contributed by atoms with Crippen LogP contribution >= 0.6 is 12.4 Å². The van der Waals surface area contributed by atoms with Crippen LogP contribution in [0.5, 0.6) is 5.75 Å². The molecule has 23 heavy (non-hydrogen) atoms. The molecular formula is C14H12ClF3N2O3. The molecule has 0 bridgehead atoms. The fourth-order valence-electron chi connectivity index (χ4n) is 1.97. The van der Waals surface area contributed by atoms with Gasteiger partial charge in [0.1, 0.15) is 5.75 Å². The lowest BCUT2D eigenvalue weighted by Crippen LogP contribution is -2.17. The van der Waals surface area contributed by atoms with Gasteiger partial charge in [-0.1, -0.05) is 30.3 Å². The molecule has 0 radical (unpaired) electrons. The van der Waals surface area contributed by atoms with Crippen LogP contribution in [0.2, 0.25) is 0 Å². The first-order valence-electron chi connectivity index (χ1n) is 6.12. The van der Waals surface area contributed by atoms with Crippen molar-refractivity contribution >= 4 is 18.1 Å². The van der Waals surface area contributed by atoms with E-state index < -0.39 is 17.3 Å². The van der Waals surface area contributed by atoms with E-state index in [1.807, 2.05) is 0 Å². The number of halogens is 4. The van der Waals surface area contributed by atoms with Gasteiger partial charge in [0.2, 0.25) is 0 Å². The summed E-state index contributed by atoms with van der Waals surface area (Å²) < 4.78 is 40.0. The molecule has 5 nitrogen and oxygen atoms in total. The third-order valence-corrected chi connectivity index (χ3v) is 2.94. The van der Waals surface area contributed by atoms with Crippen LogP contribution in [0.25, 0.3) is 0 Å². The van der Waals surface area contributed by atoms with E-state index in [0.29, 0.717) is 5.56 Å². The Balaban J connectivity index is 0.00000264. The highest BCUT2D eigenvalue weighted by Gasteiger charge is 2.31. The summed E-state index contributed by atoms with van der Waals surface area (Å²) in [4.78, 5) is 10.4. The normalized spacial score (nSPS) is 12.2. The Kier molecular flexibility index (Phi) is 5.94. The van der Waals surface area contributed by atoms with Gasteiger partial charge in [0.05, 0.1) is 16.5 Å². The number of nitrogens with two attached hydrogens (primary N) is 1. The van der Waals surface area contributed by atoms with E-state index >= 15 is 0 Å². The van der Waals surface area contributed by atoms with Gasteiger partial charge in [0.15, 0.2) is 0 Å². The molecule has 2 rings (SSSR count). The van der Waals surface area contributed by atoms with Gasteiger partial charge >= 0.3 is 6.36 Å². The molecule has 2 aromatic carbocycles. The predicted octanol–water partition coefficient (Wildman–Crippen LogP) is 3.96. The van der Waals surface area contributed by atoms with E-state index in [-0.39, 0.29) is 29.4 Å². The van der Waals surface area contributed by atoms with E-state index in [1.165, 1.54) is 30.3 Å². The van der Waals surface area contributed by atoms with Gasteiger partial charge < -0.3 is 10.5 Å². The second-order valence-corrected chi connectivity index (χ2v) is 4.41. The van der Waals surface area contributed by atoms with Crippen LogP contribution < -0.4 is 10.5 Å². The van der Waals surface area contributed by atoms with Crippen molar-refractivity contribution in [1.82, 2.24) is 0 Å². The molecule has 0 spiro atoms. The van der Waals surface area contributed by atoms with Crippen LogP contribution in [0.4, 0.5) is 18.9 Å². The molecule has 0 aliphatic rings. The van der Waals surface area contributed by atoms with Crippen molar-refractivity contribution in [2.75, 3.05) is 0 Å². The molecule has 0 saturated heterocycles. The van der Waals surface area contributed by atoms with Crippen molar-refractivity contribution in [3.8, 4) is 5.75 Å². The molecular weight excluding hydrogens is 337 g/mol. The van der Waals surface area contributed by atoms with E-state index in [0.717, 1.165) is 12.1 Å². The number of hydrogen-bond acceptors (Lipinski definition) is 4. The molecule has 0 saturated carbocycles. The van der Waals surface area contributed by atoms with Crippen molar-refractivity contribution < 1.29 is 22.8 Å². The Morgan fingerprint density at radius 2 is 1.65 bits per heavy atom. The fourth-order valence-corrected chi connectivity index (χ4v) is 1.97. The highest BCUT2D eigenvalue weighted by Crippen LogP contribution is 2.30. The lowest BCUT2D eigenvalue weighted by molar-refractivity contribution is -0.385. The summed E-state index contributed by atoms with van der Waals surface area (Å²) in [5.41, 5.74) is 6.53. The topological polar surface area (TPSA) is 78.4 Å². The van der Waals surface area contributed by atoms with E-state index in [2.05, 4.69) is 4.74 Å². The Morgan fingerprint density at radius 1 is 1.09 bits per heavy atom. The SMILES string of the molecule is Cl.N[C@@H](c1ccc(OC(F)(F)F)cc1)c1ccccc1[N+](=O)[O-]. The zero-order valence-corrected chi connectivity index (χ0v) is 12.3. The number of nitro groups is 1. The van der Waals surface area contributed by atoms with Gasteiger partial charge in [-0.15, -0.1) is 25.6 Å². The maximum Gasteiger partial charge on any atom is 0.573 e. The standard InChI is InChI=1S/C14H11F3N2O3.ClH/c15-14(16,17)22-10-7-5-9(6-8-10)13(18)11-3-1-2-4-12(11)19(20)21;/h1-8,13H,18H2;1H/t13-;/m0./s1. The quantitative estimate of drug-likeness (QED) is 0.670. The van der Waals surface area contributed by atoms with Gasteiger partial charge in [0, 0.05) is 6.07 Å². The zero-order valence-electron chi connectivity index (χ0n) is 11.5. The molecule has 0 unspecified atom stereocenters. The lowest BCUT2D eigenvalue weighted by atomic mass is 9.98. The van der Waals surface area contributed by atoms with Crippen molar-refractivity contribution in [2.45, 2.75) is 12.4 Å². The second-order valence-electron chi connectivity index (χ2n) is 4.41. The minimum absolute atomic E-state index is 0. The Hall–Kier alpha value is -2.32. The summed E-state index contributed by atoms with van der Waals surface area (Å²) in [6.07, 6.45) is -4.78. The summed E-state index contributed by atoms with van der Waals surface area (Å²) in [5, 5.41) is 11.0. The van der Waals surface area contributed by atoms with Crippen LogP contribution in [0.3, 0.4) is 0 Å². The molecule has 0 aromatic heterocycles. The van der Waals surface area contributed by atoms with Crippen molar-refractivity contribution in [3.05, 3.63) is 69.8 Å². The van der Waals surface area contributed by atoms with Gasteiger partial charge in [-0.3, -0.25) is 10.1 Å². The van der Waals surface area contributed by atoms with Crippen molar-refractivity contribution in [2.24, 2.45) is 5.73 Å². The largest absolute Gasteiger partial charge is 0.573 e. The first kappa shape index (κ1) is 18.7. The zero-order chi connectivity index (χ0) is 16.3. The van der Waals surface area contributed by atoms with Crippen LogP contribution in [0, 0.1) is 10.1 Å². The Morgan fingerprint density at radius 3 is 2.17 bits per heavy atom. The molecule has 124 valence electrons. The predicted molar refractivity (Wildman–Crippen MR) is 79.5 cm³/mol. The summed E-state index contributed by atoms with van der Waals surface area (Å²) in [5.74, 6) is -0.383. The van der Waals surface area contributed by atoms with Gasteiger partial charge in [-0.2, -0.15) is 0 Å². The molecule has 2 aromatic rings. The summed E-state index contributed by atoms with van der Waals surface area (Å²) >= 11 is 0. The van der Waals surface area contributed by atoms with E-state index in [1.54, 1.807) is 6.07 Å². The number of hydrogen-bond donors (Lipinski definition) is 1. The molecule has 1 atom stereocenters. The van der Waals surface area contributed by atoms with E-state index in [9.17, 15) is 23.3 Å². The highest BCUT2D eigenvalue weighted by molar-refractivity contribution is 5.85. The maximum atomic E-state index is 12.1. The van der Waals surface area contributed by atoms with Crippen LogP contribution in [-0.2, 0) is 0 Å².